The number of fused-ring (bicyclic) bond motifs is 2. The Balaban J connectivity index is 1.66. The average Bonchev–Trinajstić information content (AvgIpc) is 3.31. The third-order valence-electron chi connectivity index (χ3n) is 6.69. The first kappa shape index (κ1) is 29.1. The Labute approximate surface area is 236 Å². The molecular formula is C24H27Cl2NO6S4. The summed E-state index contributed by atoms with van der Waals surface area (Å²) in [5.41, 5.74) is 1.91. The van der Waals surface area contributed by atoms with Gasteiger partial charge in [-0.2, -0.15) is 16.8 Å². The Bertz CT molecular complexity index is 1430. The van der Waals surface area contributed by atoms with Crippen molar-refractivity contribution in [1.29, 1.82) is 0 Å². The number of hydrogen-bond acceptors (Lipinski definition) is 7. The molecule has 0 bridgehead atoms. The van der Waals surface area contributed by atoms with Crippen molar-refractivity contribution in [3.8, 4) is 0 Å². The molecule has 2 aliphatic rings. The van der Waals surface area contributed by atoms with Crippen LogP contribution in [-0.2, 0) is 20.2 Å². The third-order valence-corrected chi connectivity index (χ3v) is 12.2. The third kappa shape index (κ3) is 6.81. The van der Waals surface area contributed by atoms with Crippen LogP contribution in [0.4, 0.5) is 5.69 Å². The molecule has 202 valence electrons. The summed E-state index contributed by atoms with van der Waals surface area (Å²) in [5, 5.41) is 0.199. The molecule has 2 aromatic rings. The van der Waals surface area contributed by atoms with E-state index in [0.29, 0.717) is 23.0 Å². The topological polar surface area (TPSA) is 112 Å². The van der Waals surface area contributed by atoms with Gasteiger partial charge < -0.3 is 4.90 Å². The molecule has 4 unspecified atom stereocenters. The molecule has 37 heavy (non-hydrogen) atoms. The first-order valence-corrected chi connectivity index (χ1v) is 17.1. The van der Waals surface area contributed by atoms with Gasteiger partial charge in [0.05, 0.1) is 21.2 Å². The highest BCUT2D eigenvalue weighted by Gasteiger charge is 2.36. The molecule has 2 N–H and O–H groups in total. The SMILES string of the molecule is CC(CCC1c2cc(Cl)ccc2SC1C=C1Sc2ccc(Cl)cc2N1CCC(C)S(=O)(=O)O)S(=O)(=O)O. The number of thioether (sulfide) groups is 2. The summed E-state index contributed by atoms with van der Waals surface area (Å²) in [6.07, 6.45) is 3.15. The lowest BCUT2D eigenvalue weighted by molar-refractivity contribution is 0.459. The maximum Gasteiger partial charge on any atom is 0.267 e. The van der Waals surface area contributed by atoms with Gasteiger partial charge in [-0.1, -0.05) is 35.0 Å². The van der Waals surface area contributed by atoms with E-state index < -0.39 is 30.7 Å². The highest BCUT2D eigenvalue weighted by atomic mass is 35.5. The van der Waals surface area contributed by atoms with Gasteiger partial charge in [-0.15, -0.1) is 11.8 Å². The van der Waals surface area contributed by atoms with E-state index in [0.717, 1.165) is 26.1 Å². The van der Waals surface area contributed by atoms with Gasteiger partial charge in [0.2, 0.25) is 0 Å². The Hall–Kier alpha value is -0.920. The summed E-state index contributed by atoms with van der Waals surface area (Å²) in [7, 11) is -8.30. The Kier molecular flexibility index (Phi) is 8.87. The molecular weight excluding hydrogens is 597 g/mol. The molecule has 13 heteroatoms. The van der Waals surface area contributed by atoms with Gasteiger partial charge in [0.1, 0.15) is 0 Å². The van der Waals surface area contributed by atoms with E-state index in [4.69, 9.17) is 23.2 Å². The lowest BCUT2D eigenvalue weighted by Crippen LogP contribution is -2.27. The molecule has 0 saturated heterocycles. The minimum absolute atomic E-state index is 0.0399. The van der Waals surface area contributed by atoms with Crippen molar-refractivity contribution in [3.63, 3.8) is 0 Å². The molecule has 0 spiro atoms. The Morgan fingerprint density at radius 1 is 0.946 bits per heavy atom. The second-order valence-corrected chi connectivity index (χ2v) is 16.1. The molecule has 4 rings (SSSR count). The maximum absolute atomic E-state index is 11.6. The molecule has 0 amide bonds. The van der Waals surface area contributed by atoms with Gasteiger partial charge in [0.15, 0.2) is 0 Å². The molecule has 0 fully saturated rings. The maximum atomic E-state index is 11.6. The second-order valence-electron chi connectivity index (χ2n) is 9.26. The molecule has 0 radical (unpaired) electrons. The van der Waals surface area contributed by atoms with Crippen LogP contribution in [0.5, 0.6) is 0 Å². The first-order valence-electron chi connectivity index (χ1n) is 11.6. The van der Waals surface area contributed by atoms with Crippen LogP contribution in [0, 0.1) is 0 Å². The Morgan fingerprint density at radius 2 is 1.54 bits per heavy atom. The van der Waals surface area contributed by atoms with Crippen molar-refractivity contribution >= 4 is 72.6 Å². The molecule has 4 atom stereocenters. The smallest absolute Gasteiger partial charge is 0.267 e. The second kappa shape index (κ2) is 11.3. The number of anilines is 1. The number of hydrogen-bond donors (Lipinski definition) is 2. The summed E-state index contributed by atoms with van der Waals surface area (Å²) < 4.78 is 65.4. The van der Waals surface area contributed by atoms with Crippen molar-refractivity contribution in [2.45, 2.75) is 64.6 Å². The summed E-state index contributed by atoms with van der Waals surface area (Å²) in [5.74, 6) is -0.0399. The average molecular weight is 625 g/mol. The van der Waals surface area contributed by atoms with E-state index in [9.17, 15) is 25.9 Å². The fraction of sp³-hybridized carbons (Fsp3) is 0.417. The van der Waals surface area contributed by atoms with E-state index in [2.05, 4.69) is 6.08 Å². The van der Waals surface area contributed by atoms with E-state index in [-0.39, 0.29) is 24.0 Å². The lowest BCUT2D eigenvalue weighted by Gasteiger charge is -2.24. The largest absolute Gasteiger partial charge is 0.335 e. The summed E-state index contributed by atoms with van der Waals surface area (Å²) >= 11 is 15.8. The lowest BCUT2D eigenvalue weighted by atomic mass is 9.90. The first-order chi connectivity index (χ1) is 17.2. The Morgan fingerprint density at radius 3 is 2.19 bits per heavy atom. The van der Waals surface area contributed by atoms with Crippen LogP contribution in [0.1, 0.15) is 44.6 Å². The van der Waals surface area contributed by atoms with Gasteiger partial charge in [0.25, 0.3) is 20.2 Å². The van der Waals surface area contributed by atoms with E-state index in [1.165, 1.54) is 13.8 Å². The van der Waals surface area contributed by atoms with Crippen molar-refractivity contribution in [3.05, 3.63) is 63.1 Å². The van der Waals surface area contributed by atoms with E-state index >= 15 is 0 Å². The number of rotatable bonds is 9. The van der Waals surface area contributed by atoms with Crippen molar-refractivity contribution in [2.24, 2.45) is 0 Å². The van der Waals surface area contributed by atoms with Gasteiger partial charge in [-0.05, 0) is 81.1 Å². The minimum atomic E-state index is -4.16. The molecule has 2 heterocycles. The monoisotopic (exact) mass is 623 g/mol. The van der Waals surface area contributed by atoms with Crippen molar-refractivity contribution in [2.75, 3.05) is 11.4 Å². The molecule has 0 aliphatic carbocycles. The van der Waals surface area contributed by atoms with Crippen LogP contribution in [-0.4, -0.2) is 48.2 Å². The van der Waals surface area contributed by atoms with Crippen molar-refractivity contribution in [1.82, 2.24) is 0 Å². The van der Waals surface area contributed by atoms with Gasteiger partial charge in [-0.3, -0.25) is 9.11 Å². The molecule has 2 aromatic carbocycles. The highest BCUT2D eigenvalue weighted by Crippen LogP contribution is 2.53. The van der Waals surface area contributed by atoms with Crippen LogP contribution < -0.4 is 4.90 Å². The summed E-state index contributed by atoms with van der Waals surface area (Å²) in [4.78, 5) is 4.06. The quantitative estimate of drug-likeness (QED) is 0.294. The predicted molar refractivity (Wildman–Crippen MR) is 152 cm³/mol. The standard InChI is InChI=1S/C24H27Cl2NO6S4/c1-14(36(28,29)30)3-6-18-19-11-16(25)4-7-21(19)34-23(18)13-24-27(10-9-15(2)37(31,32)33)20-12-17(26)5-8-22(20)35-24/h4-5,7-8,11-15,18,23H,3,6,9-10H2,1-2H3,(H,28,29,30)(H,31,32,33). The van der Waals surface area contributed by atoms with Crippen LogP contribution in [0.3, 0.4) is 0 Å². The van der Waals surface area contributed by atoms with Gasteiger partial charge >= 0.3 is 0 Å². The summed E-state index contributed by atoms with van der Waals surface area (Å²) in [6.45, 7) is 3.32. The predicted octanol–water partition coefficient (Wildman–Crippen LogP) is 6.73. The zero-order valence-electron chi connectivity index (χ0n) is 20.0. The zero-order chi connectivity index (χ0) is 27.1. The zero-order valence-corrected chi connectivity index (χ0v) is 24.8. The van der Waals surface area contributed by atoms with Crippen LogP contribution >= 0.6 is 46.7 Å². The molecule has 0 saturated carbocycles. The van der Waals surface area contributed by atoms with E-state index in [1.54, 1.807) is 29.6 Å². The van der Waals surface area contributed by atoms with Crippen LogP contribution in [0.2, 0.25) is 10.0 Å². The fourth-order valence-electron chi connectivity index (χ4n) is 4.38. The van der Waals surface area contributed by atoms with Crippen LogP contribution in [0.15, 0.2) is 57.3 Å². The normalized spacial score (nSPS) is 22.2. The van der Waals surface area contributed by atoms with Crippen molar-refractivity contribution < 1.29 is 25.9 Å². The number of halogens is 2. The highest BCUT2D eigenvalue weighted by molar-refractivity contribution is 8.04. The summed E-state index contributed by atoms with van der Waals surface area (Å²) in [6, 6.07) is 11.3. The molecule has 0 aromatic heterocycles. The molecule has 7 nitrogen and oxygen atoms in total. The van der Waals surface area contributed by atoms with Crippen LogP contribution in [0.25, 0.3) is 0 Å². The van der Waals surface area contributed by atoms with Gasteiger partial charge in [-0.25, -0.2) is 0 Å². The fourth-order valence-corrected chi connectivity index (χ4v) is 8.23. The minimum Gasteiger partial charge on any atom is -0.335 e. The molecule has 2 aliphatic heterocycles. The van der Waals surface area contributed by atoms with Gasteiger partial charge in [0, 0.05) is 37.5 Å². The van der Waals surface area contributed by atoms with E-state index in [1.807, 2.05) is 35.2 Å². The number of benzene rings is 2. The number of nitrogens with zero attached hydrogens (tertiary/aromatic N) is 1.